The summed E-state index contributed by atoms with van der Waals surface area (Å²) in [4.78, 5) is 0. The summed E-state index contributed by atoms with van der Waals surface area (Å²) in [6.45, 7) is 1.70. The van der Waals surface area contributed by atoms with E-state index in [2.05, 4.69) is 31.2 Å². The monoisotopic (exact) mass is 402 g/mol. The zero-order valence-corrected chi connectivity index (χ0v) is 16.8. The molecule has 0 unspecified atom stereocenters. The Hall–Kier alpha value is -1.96. The van der Waals surface area contributed by atoms with Crippen molar-refractivity contribution < 1.29 is 30.3 Å². The highest BCUT2D eigenvalue weighted by molar-refractivity contribution is 5.43. The van der Waals surface area contributed by atoms with Crippen LogP contribution in [0.2, 0.25) is 0 Å². The van der Waals surface area contributed by atoms with Gasteiger partial charge in [-0.25, -0.2) is 0 Å². The molecule has 6 nitrogen and oxygen atoms in total. The van der Waals surface area contributed by atoms with Crippen LogP contribution in [-0.4, -0.2) is 57.6 Å². The molecule has 0 spiro atoms. The highest BCUT2D eigenvalue weighted by Crippen LogP contribution is 2.41. The molecule has 2 aromatic rings. The Balaban J connectivity index is 1.96. The van der Waals surface area contributed by atoms with Crippen LogP contribution >= 0.6 is 0 Å². The number of rotatable bonds is 6. The molecule has 6 heteroatoms. The van der Waals surface area contributed by atoms with Crippen molar-refractivity contribution in [2.45, 2.75) is 50.1 Å². The van der Waals surface area contributed by atoms with Crippen LogP contribution in [0.15, 0.2) is 42.5 Å². The average molecular weight is 402 g/mol. The number of aliphatic hydroxyl groups is 5. The second-order valence-corrected chi connectivity index (χ2v) is 7.87. The molecule has 29 heavy (non-hydrogen) atoms. The van der Waals surface area contributed by atoms with Crippen molar-refractivity contribution in [2.24, 2.45) is 5.92 Å². The van der Waals surface area contributed by atoms with Gasteiger partial charge in [-0.15, -0.1) is 0 Å². The Morgan fingerprint density at radius 3 is 2.24 bits per heavy atom. The molecule has 0 aliphatic heterocycles. The highest BCUT2D eigenvalue weighted by atomic mass is 16.5. The van der Waals surface area contributed by atoms with Crippen molar-refractivity contribution in [2.75, 3.05) is 13.7 Å². The van der Waals surface area contributed by atoms with Crippen molar-refractivity contribution in [1.82, 2.24) is 0 Å². The van der Waals surface area contributed by atoms with E-state index in [0.717, 1.165) is 17.5 Å². The number of hydrogen-bond donors (Lipinski definition) is 5. The second-order valence-electron chi connectivity index (χ2n) is 7.87. The first-order valence-electron chi connectivity index (χ1n) is 9.96. The summed E-state index contributed by atoms with van der Waals surface area (Å²) >= 11 is 0. The first-order chi connectivity index (χ1) is 13.8. The van der Waals surface area contributed by atoms with Crippen LogP contribution in [0.1, 0.15) is 35.6 Å². The Morgan fingerprint density at radius 2 is 1.66 bits per heavy atom. The summed E-state index contributed by atoms with van der Waals surface area (Å²) in [5.41, 5.74) is 1.78. The first-order valence-corrected chi connectivity index (χ1v) is 9.96. The van der Waals surface area contributed by atoms with Crippen molar-refractivity contribution in [3.05, 3.63) is 64.7 Å². The molecule has 1 aliphatic rings. The van der Waals surface area contributed by atoms with Gasteiger partial charge in [0.15, 0.2) is 0 Å². The van der Waals surface area contributed by atoms with E-state index < -0.39 is 36.4 Å². The molecule has 0 bridgehead atoms. The SMILES string of the molecule is CCc1ccc(Cc2cc([C@]3(O)C[C@H](CO)[C@@H](O)[C@H](O)[C@H]3O)ccc2OC)cc1. The van der Waals surface area contributed by atoms with Crippen LogP contribution in [-0.2, 0) is 18.4 Å². The molecule has 0 radical (unpaired) electrons. The lowest BCUT2D eigenvalue weighted by atomic mass is 9.69. The first kappa shape index (κ1) is 21.7. The van der Waals surface area contributed by atoms with Crippen LogP contribution in [0.3, 0.4) is 0 Å². The lowest BCUT2D eigenvalue weighted by Gasteiger charge is -2.46. The Labute approximate surface area is 171 Å². The topological polar surface area (TPSA) is 110 Å². The van der Waals surface area contributed by atoms with E-state index in [0.29, 0.717) is 17.7 Å². The lowest BCUT2D eigenvalue weighted by molar-refractivity contribution is -0.213. The van der Waals surface area contributed by atoms with Crippen molar-refractivity contribution in [3.63, 3.8) is 0 Å². The number of benzene rings is 2. The van der Waals surface area contributed by atoms with Gasteiger partial charge in [0.2, 0.25) is 0 Å². The van der Waals surface area contributed by atoms with Gasteiger partial charge in [-0.1, -0.05) is 37.3 Å². The maximum absolute atomic E-state index is 11.3. The fourth-order valence-corrected chi connectivity index (χ4v) is 4.15. The predicted octanol–water partition coefficient (Wildman–Crippen LogP) is 1.13. The summed E-state index contributed by atoms with van der Waals surface area (Å²) in [5.74, 6) is -0.0907. The number of aryl methyl sites for hydroxylation is 1. The fraction of sp³-hybridized carbons (Fsp3) is 0.478. The molecule has 1 saturated carbocycles. The average Bonchev–Trinajstić information content (AvgIpc) is 2.75. The molecule has 3 rings (SSSR count). The Kier molecular flexibility index (Phi) is 6.61. The highest BCUT2D eigenvalue weighted by Gasteiger charge is 2.52. The van der Waals surface area contributed by atoms with E-state index in [1.54, 1.807) is 25.3 Å². The van der Waals surface area contributed by atoms with Crippen molar-refractivity contribution in [3.8, 4) is 5.75 Å². The Bertz CT molecular complexity index is 819. The molecule has 1 fully saturated rings. The quantitative estimate of drug-likeness (QED) is 0.496. The van der Waals surface area contributed by atoms with Gasteiger partial charge in [0.1, 0.15) is 23.6 Å². The molecule has 5 atom stereocenters. The number of aliphatic hydroxyl groups excluding tert-OH is 4. The molecule has 2 aromatic carbocycles. The fourth-order valence-electron chi connectivity index (χ4n) is 4.15. The van der Waals surface area contributed by atoms with Crippen LogP contribution in [0.25, 0.3) is 0 Å². The van der Waals surface area contributed by atoms with E-state index in [1.807, 2.05) is 0 Å². The zero-order valence-electron chi connectivity index (χ0n) is 16.8. The third kappa shape index (κ3) is 4.17. The molecule has 0 amide bonds. The van der Waals surface area contributed by atoms with Gasteiger partial charge in [0.05, 0.1) is 13.2 Å². The van der Waals surface area contributed by atoms with E-state index in [4.69, 9.17) is 4.74 Å². The van der Waals surface area contributed by atoms with Crippen LogP contribution < -0.4 is 4.74 Å². The van der Waals surface area contributed by atoms with Gasteiger partial charge in [0, 0.05) is 18.9 Å². The van der Waals surface area contributed by atoms with E-state index in [9.17, 15) is 25.5 Å². The molecule has 1 aliphatic carbocycles. The summed E-state index contributed by atoms with van der Waals surface area (Å²) in [6, 6.07) is 13.4. The number of methoxy groups -OCH3 is 1. The number of ether oxygens (including phenoxy) is 1. The minimum absolute atomic E-state index is 0.0696. The normalized spacial score (nSPS) is 29.6. The summed E-state index contributed by atoms with van der Waals surface area (Å²) < 4.78 is 5.47. The smallest absolute Gasteiger partial charge is 0.122 e. The lowest BCUT2D eigenvalue weighted by Crippen LogP contribution is -2.59. The molecular formula is C23H30O6. The van der Waals surface area contributed by atoms with Crippen molar-refractivity contribution >= 4 is 0 Å². The number of hydrogen-bond acceptors (Lipinski definition) is 6. The van der Waals surface area contributed by atoms with Crippen LogP contribution in [0.4, 0.5) is 0 Å². The summed E-state index contributed by atoms with van der Waals surface area (Å²) in [6.07, 6.45) is -2.97. The van der Waals surface area contributed by atoms with E-state index in [-0.39, 0.29) is 6.42 Å². The molecule has 0 saturated heterocycles. The second kappa shape index (κ2) is 8.81. The summed E-state index contributed by atoms with van der Waals surface area (Å²) in [7, 11) is 1.57. The molecule has 0 aromatic heterocycles. The maximum Gasteiger partial charge on any atom is 0.122 e. The third-order valence-corrected chi connectivity index (χ3v) is 6.06. The minimum atomic E-state index is -1.79. The minimum Gasteiger partial charge on any atom is -0.496 e. The van der Waals surface area contributed by atoms with Gasteiger partial charge >= 0.3 is 0 Å². The van der Waals surface area contributed by atoms with Gasteiger partial charge in [-0.2, -0.15) is 0 Å². The molecule has 0 heterocycles. The van der Waals surface area contributed by atoms with Gasteiger partial charge in [-0.05, 0) is 47.2 Å². The predicted molar refractivity (Wildman–Crippen MR) is 109 cm³/mol. The van der Waals surface area contributed by atoms with E-state index >= 15 is 0 Å². The van der Waals surface area contributed by atoms with Gasteiger partial charge in [-0.3, -0.25) is 0 Å². The standard InChI is InChI=1S/C23H30O6/c1-3-14-4-6-15(7-5-14)10-16-11-18(8-9-19(16)29-2)23(28)12-17(13-24)20(25)21(26)22(23)27/h4-9,11,17,20-22,24-28H,3,10,12-13H2,1-2H3/t17-,20-,21+,22-,23-/m1/s1. The third-order valence-electron chi connectivity index (χ3n) is 6.06. The Morgan fingerprint density at radius 1 is 1.00 bits per heavy atom. The van der Waals surface area contributed by atoms with E-state index in [1.165, 1.54) is 5.56 Å². The van der Waals surface area contributed by atoms with Crippen molar-refractivity contribution in [1.29, 1.82) is 0 Å². The van der Waals surface area contributed by atoms with Crippen LogP contribution in [0.5, 0.6) is 5.75 Å². The van der Waals surface area contributed by atoms with Crippen LogP contribution in [0, 0.1) is 5.92 Å². The van der Waals surface area contributed by atoms with Gasteiger partial charge < -0.3 is 30.3 Å². The largest absolute Gasteiger partial charge is 0.496 e. The van der Waals surface area contributed by atoms with Gasteiger partial charge in [0.25, 0.3) is 0 Å². The maximum atomic E-state index is 11.3. The summed E-state index contributed by atoms with van der Waals surface area (Å²) in [5, 5.41) is 51.6. The molecular weight excluding hydrogens is 372 g/mol. The molecule has 158 valence electrons. The molecule has 5 N–H and O–H groups in total. The zero-order chi connectivity index (χ0) is 21.2.